The number of ether oxygens (including phenoxy) is 3. The first kappa shape index (κ1) is 63.3. The van der Waals surface area contributed by atoms with Crippen molar-refractivity contribution in [1.29, 1.82) is 0 Å². The normalized spacial score (nSPS) is 12.8. The summed E-state index contributed by atoms with van der Waals surface area (Å²) in [5.41, 5.74) is 0. The van der Waals surface area contributed by atoms with E-state index in [0.717, 1.165) is 135 Å². The van der Waals surface area contributed by atoms with Gasteiger partial charge in [0.25, 0.3) is 0 Å². The highest BCUT2D eigenvalue weighted by Gasteiger charge is 2.19. The summed E-state index contributed by atoms with van der Waals surface area (Å²) in [6, 6.07) is 0. The third-order valence-corrected chi connectivity index (χ3v) is 11.6. The monoisotopic (exact) mass is 931 g/mol. The van der Waals surface area contributed by atoms with E-state index in [4.69, 9.17) is 14.2 Å². The Bertz CT molecular complexity index is 1350. The molecule has 0 heterocycles. The van der Waals surface area contributed by atoms with Crippen molar-refractivity contribution in [3.05, 3.63) is 97.2 Å². The zero-order chi connectivity index (χ0) is 48.6. The number of unbranched alkanes of at least 4 members (excludes halogenated alkanes) is 22. The molecule has 67 heavy (non-hydrogen) atoms. The van der Waals surface area contributed by atoms with Gasteiger partial charge in [0, 0.05) is 19.3 Å². The van der Waals surface area contributed by atoms with Gasteiger partial charge in [-0.25, -0.2) is 0 Å². The minimum absolute atomic E-state index is 0.0835. The molecule has 6 nitrogen and oxygen atoms in total. The second-order valence-electron chi connectivity index (χ2n) is 18.1. The van der Waals surface area contributed by atoms with E-state index in [9.17, 15) is 14.4 Å². The maximum Gasteiger partial charge on any atom is 0.306 e. The minimum atomic E-state index is -0.780. The zero-order valence-corrected chi connectivity index (χ0v) is 43.6. The smallest absolute Gasteiger partial charge is 0.306 e. The molecule has 1 unspecified atom stereocenters. The van der Waals surface area contributed by atoms with Crippen LogP contribution in [0.2, 0.25) is 0 Å². The lowest BCUT2D eigenvalue weighted by molar-refractivity contribution is -0.167. The van der Waals surface area contributed by atoms with Crippen molar-refractivity contribution in [2.45, 2.75) is 258 Å². The summed E-state index contributed by atoms with van der Waals surface area (Å²) in [4.78, 5) is 37.7. The van der Waals surface area contributed by atoms with Gasteiger partial charge in [-0.05, 0) is 96.3 Å². The summed E-state index contributed by atoms with van der Waals surface area (Å²) in [6.45, 7) is 6.36. The maximum atomic E-state index is 12.7. The van der Waals surface area contributed by atoms with Gasteiger partial charge in [0.1, 0.15) is 13.2 Å². The summed E-state index contributed by atoms with van der Waals surface area (Å²) in [5.74, 6) is -0.915. The van der Waals surface area contributed by atoms with Crippen LogP contribution in [0.15, 0.2) is 97.2 Å². The Morgan fingerprint density at radius 2 is 0.612 bits per heavy atom. The molecule has 0 amide bonds. The Morgan fingerprint density at radius 1 is 0.313 bits per heavy atom. The highest BCUT2D eigenvalue weighted by molar-refractivity contribution is 5.71. The minimum Gasteiger partial charge on any atom is -0.462 e. The lowest BCUT2D eigenvalue weighted by atomic mass is 10.0. The van der Waals surface area contributed by atoms with E-state index < -0.39 is 6.10 Å². The molecule has 1 atom stereocenters. The van der Waals surface area contributed by atoms with Crippen LogP contribution in [0.5, 0.6) is 0 Å². The van der Waals surface area contributed by atoms with Gasteiger partial charge in [0.2, 0.25) is 0 Å². The van der Waals surface area contributed by atoms with E-state index in [1.54, 1.807) is 0 Å². The van der Waals surface area contributed by atoms with Crippen LogP contribution in [0.25, 0.3) is 0 Å². The Hall–Kier alpha value is -3.67. The zero-order valence-electron chi connectivity index (χ0n) is 43.6. The van der Waals surface area contributed by atoms with Gasteiger partial charge in [-0.15, -0.1) is 0 Å². The number of rotatable bonds is 49. The third-order valence-electron chi connectivity index (χ3n) is 11.6. The quantitative estimate of drug-likeness (QED) is 0.0262. The van der Waals surface area contributed by atoms with Crippen molar-refractivity contribution in [3.63, 3.8) is 0 Å². The van der Waals surface area contributed by atoms with E-state index in [1.165, 1.54) is 77.0 Å². The first-order valence-corrected chi connectivity index (χ1v) is 27.7. The van der Waals surface area contributed by atoms with Crippen LogP contribution in [0.1, 0.15) is 252 Å². The molecular formula is C61H102O6. The Morgan fingerprint density at radius 3 is 0.970 bits per heavy atom. The van der Waals surface area contributed by atoms with Gasteiger partial charge in [-0.3, -0.25) is 14.4 Å². The molecule has 0 bridgehead atoms. The molecule has 0 spiro atoms. The highest BCUT2D eigenvalue weighted by atomic mass is 16.6. The van der Waals surface area contributed by atoms with Gasteiger partial charge < -0.3 is 14.2 Å². The summed E-state index contributed by atoms with van der Waals surface area (Å²) < 4.78 is 16.7. The van der Waals surface area contributed by atoms with Crippen LogP contribution in [0, 0.1) is 0 Å². The Labute approximate surface area is 413 Å². The third kappa shape index (κ3) is 53.2. The Balaban J connectivity index is 4.02. The van der Waals surface area contributed by atoms with Crippen molar-refractivity contribution < 1.29 is 28.6 Å². The van der Waals surface area contributed by atoms with Crippen molar-refractivity contribution in [2.75, 3.05) is 13.2 Å². The van der Waals surface area contributed by atoms with E-state index in [1.807, 2.05) is 0 Å². The van der Waals surface area contributed by atoms with E-state index in [-0.39, 0.29) is 31.1 Å². The van der Waals surface area contributed by atoms with Crippen molar-refractivity contribution >= 4 is 17.9 Å². The van der Waals surface area contributed by atoms with Crippen LogP contribution in [-0.2, 0) is 28.6 Å². The van der Waals surface area contributed by atoms with Crippen molar-refractivity contribution in [1.82, 2.24) is 0 Å². The summed E-state index contributed by atoms with van der Waals surface area (Å²) >= 11 is 0. The van der Waals surface area contributed by atoms with Crippen molar-refractivity contribution in [2.24, 2.45) is 0 Å². The van der Waals surface area contributed by atoms with Crippen LogP contribution in [-0.4, -0.2) is 37.2 Å². The summed E-state index contributed by atoms with van der Waals surface area (Å²) in [6.07, 6.45) is 73.1. The second-order valence-corrected chi connectivity index (χ2v) is 18.1. The number of carbonyl (C=O) groups excluding carboxylic acids is 3. The fourth-order valence-electron chi connectivity index (χ4n) is 7.42. The van der Waals surface area contributed by atoms with E-state index in [0.29, 0.717) is 19.3 Å². The molecule has 0 radical (unpaired) electrons. The van der Waals surface area contributed by atoms with Gasteiger partial charge in [-0.2, -0.15) is 0 Å². The van der Waals surface area contributed by atoms with Gasteiger partial charge in [-0.1, -0.05) is 234 Å². The predicted octanol–water partition coefficient (Wildman–Crippen LogP) is 18.5. The summed E-state index contributed by atoms with van der Waals surface area (Å²) in [7, 11) is 0. The fraction of sp³-hybridized carbons (Fsp3) is 0.689. The molecule has 6 heteroatoms. The first-order valence-electron chi connectivity index (χ1n) is 27.7. The largest absolute Gasteiger partial charge is 0.462 e. The molecule has 0 aliphatic rings. The number of esters is 3. The topological polar surface area (TPSA) is 78.9 Å². The number of hydrogen-bond donors (Lipinski definition) is 0. The first-order chi connectivity index (χ1) is 33.0. The molecule has 0 aliphatic carbocycles. The highest BCUT2D eigenvalue weighted by Crippen LogP contribution is 2.15. The maximum absolute atomic E-state index is 12.7. The standard InChI is InChI=1S/C61H102O6/c1-4-7-10-13-15-17-19-21-22-23-24-25-26-27-28-29-30-31-32-33-34-35-36-37-38-40-41-43-45-48-51-54-60(63)66-57-58(56-65-59(62)53-50-47-12-9-6-3)67-61(64)55-52-49-46-44-42-39-20-18-16-14-11-8-5-2/h7,10-11,14-15,17-18,20-22,24-25,27-28,30-31,58H,4-6,8-9,12-13,16,19,23,26,29,32-57H2,1-3H3/b10-7-,14-11-,17-15-,20-18-,22-21-,25-24-,28-27-,31-30-. The van der Waals surface area contributed by atoms with Crippen LogP contribution < -0.4 is 0 Å². The predicted molar refractivity (Wildman–Crippen MR) is 288 cm³/mol. The molecule has 0 fully saturated rings. The second kappa shape index (κ2) is 54.9. The number of hydrogen-bond acceptors (Lipinski definition) is 6. The van der Waals surface area contributed by atoms with Gasteiger partial charge >= 0.3 is 17.9 Å². The molecule has 0 rings (SSSR count). The molecule has 0 aromatic heterocycles. The lowest BCUT2D eigenvalue weighted by Gasteiger charge is -2.18. The van der Waals surface area contributed by atoms with Gasteiger partial charge in [0.15, 0.2) is 6.10 Å². The SMILES string of the molecule is CC/C=C\C/C=C\C/C=C\C/C=C\C/C=C\C/C=C\CCCCCCCCCCCCCCC(=O)OCC(COC(=O)CCCCCCC)OC(=O)CCCCCCC/C=C\C/C=C\CCC. The Kier molecular flexibility index (Phi) is 51.9. The molecule has 0 saturated carbocycles. The lowest BCUT2D eigenvalue weighted by Crippen LogP contribution is -2.30. The van der Waals surface area contributed by atoms with Crippen LogP contribution in [0.3, 0.4) is 0 Å². The fourth-order valence-corrected chi connectivity index (χ4v) is 7.42. The molecular weight excluding hydrogens is 829 g/mol. The average molecular weight is 931 g/mol. The van der Waals surface area contributed by atoms with E-state index in [2.05, 4.69) is 118 Å². The molecule has 0 aromatic rings. The van der Waals surface area contributed by atoms with E-state index >= 15 is 0 Å². The van der Waals surface area contributed by atoms with Crippen LogP contribution >= 0.6 is 0 Å². The van der Waals surface area contributed by atoms with Crippen LogP contribution in [0.4, 0.5) is 0 Å². The summed E-state index contributed by atoms with van der Waals surface area (Å²) in [5, 5.41) is 0. The molecule has 382 valence electrons. The average Bonchev–Trinajstić information content (AvgIpc) is 3.33. The number of allylic oxidation sites excluding steroid dienone is 16. The number of carbonyl (C=O) groups is 3. The van der Waals surface area contributed by atoms with Crippen molar-refractivity contribution in [3.8, 4) is 0 Å². The molecule has 0 aromatic carbocycles. The molecule has 0 saturated heterocycles. The van der Waals surface area contributed by atoms with Gasteiger partial charge in [0.05, 0.1) is 0 Å². The molecule has 0 aliphatic heterocycles. The molecule has 0 N–H and O–H groups in total.